The first-order chi connectivity index (χ1) is 8.24. The summed E-state index contributed by atoms with van der Waals surface area (Å²) in [4.78, 5) is 11.4. The first-order valence-electron chi connectivity index (χ1n) is 6.10. The standard InChI is InChI=1S/C14H15NO2/c1-2-10-11-7-3-5-9-6-4-8-15(12(9)11)13(10)14(16)17/h3,5,7H,2,4,6,8H2,1H3,(H,16,17). The molecule has 3 rings (SSSR count). The van der Waals surface area contributed by atoms with Gasteiger partial charge in [-0.25, -0.2) is 4.79 Å². The Bertz CT molecular complexity index is 610. The maximum Gasteiger partial charge on any atom is 0.352 e. The maximum atomic E-state index is 11.4. The largest absolute Gasteiger partial charge is 0.477 e. The van der Waals surface area contributed by atoms with E-state index in [9.17, 15) is 9.90 Å². The van der Waals surface area contributed by atoms with Gasteiger partial charge in [-0.15, -0.1) is 0 Å². The van der Waals surface area contributed by atoms with E-state index in [0.717, 1.165) is 42.3 Å². The number of benzene rings is 1. The molecule has 0 unspecified atom stereocenters. The fourth-order valence-corrected chi connectivity index (χ4v) is 3.01. The molecular weight excluding hydrogens is 214 g/mol. The lowest BCUT2D eigenvalue weighted by Crippen LogP contribution is -2.14. The number of hydrogen-bond donors (Lipinski definition) is 1. The summed E-state index contributed by atoms with van der Waals surface area (Å²) in [5, 5.41) is 10.5. The second-order valence-electron chi connectivity index (χ2n) is 4.55. The minimum absolute atomic E-state index is 0.495. The zero-order chi connectivity index (χ0) is 12.0. The Morgan fingerprint density at radius 3 is 3.00 bits per heavy atom. The third kappa shape index (κ3) is 1.32. The van der Waals surface area contributed by atoms with Gasteiger partial charge in [0.05, 0.1) is 5.52 Å². The van der Waals surface area contributed by atoms with Crippen molar-refractivity contribution in [2.75, 3.05) is 0 Å². The zero-order valence-corrected chi connectivity index (χ0v) is 9.86. The summed E-state index contributed by atoms with van der Waals surface area (Å²) in [6, 6.07) is 6.20. The van der Waals surface area contributed by atoms with E-state index in [2.05, 4.69) is 6.07 Å². The second kappa shape index (κ2) is 3.62. The number of aromatic nitrogens is 1. The lowest BCUT2D eigenvalue weighted by molar-refractivity contribution is 0.0684. The van der Waals surface area contributed by atoms with Crippen molar-refractivity contribution in [2.24, 2.45) is 0 Å². The van der Waals surface area contributed by atoms with Crippen LogP contribution in [0.2, 0.25) is 0 Å². The Hall–Kier alpha value is -1.77. The highest BCUT2D eigenvalue weighted by molar-refractivity contribution is 5.99. The second-order valence-corrected chi connectivity index (χ2v) is 4.55. The molecule has 88 valence electrons. The van der Waals surface area contributed by atoms with E-state index in [4.69, 9.17) is 0 Å². The summed E-state index contributed by atoms with van der Waals surface area (Å²) >= 11 is 0. The molecule has 0 bridgehead atoms. The van der Waals surface area contributed by atoms with Crippen molar-refractivity contribution in [2.45, 2.75) is 32.7 Å². The molecule has 2 aromatic rings. The maximum absolute atomic E-state index is 11.4. The Balaban J connectivity index is 2.48. The monoisotopic (exact) mass is 229 g/mol. The number of rotatable bonds is 2. The smallest absolute Gasteiger partial charge is 0.352 e. The van der Waals surface area contributed by atoms with Crippen LogP contribution in [0.3, 0.4) is 0 Å². The topological polar surface area (TPSA) is 42.2 Å². The van der Waals surface area contributed by atoms with E-state index in [0.29, 0.717) is 5.69 Å². The number of carbonyl (C=O) groups is 1. The number of hydrogen-bond acceptors (Lipinski definition) is 1. The van der Waals surface area contributed by atoms with Gasteiger partial charge in [-0.05, 0) is 30.4 Å². The molecule has 3 heteroatoms. The molecule has 1 N–H and O–H groups in total. The minimum Gasteiger partial charge on any atom is -0.477 e. The number of aromatic carboxylic acids is 1. The van der Waals surface area contributed by atoms with Crippen LogP contribution < -0.4 is 0 Å². The fourth-order valence-electron chi connectivity index (χ4n) is 3.01. The van der Waals surface area contributed by atoms with Gasteiger partial charge in [-0.1, -0.05) is 25.1 Å². The van der Waals surface area contributed by atoms with Gasteiger partial charge < -0.3 is 9.67 Å². The third-order valence-electron chi connectivity index (χ3n) is 3.65. The molecule has 3 nitrogen and oxygen atoms in total. The van der Waals surface area contributed by atoms with Gasteiger partial charge in [0, 0.05) is 11.9 Å². The van der Waals surface area contributed by atoms with Gasteiger partial charge in [0.1, 0.15) is 5.69 Å². The Labute approximate surface area is 99.7 Å². The SMILES string of the molecule is CCc1c(C(=O)O)n2c3c(cccc13)CCC2. The van der Waals surface area contributed by atoms with Crippen molar-refractivity contribution in [1.82, 2.24) is 4.57 Å². The molecule has 0 amide bonds. The number of carboxylic acids is 1. The van der Waals surface area contributed by atoms with Gasteiger partial charge in [-0.3, -0.25) is 0 Å². The van der Waals surface area contributed by atoms with E-state index >= 15 is 0 Å². The van der Waals surface area contributed by atoms with Gasteiger partial charge in [0.25, 0.3) is 0 Å². The van der Waals surface area contributed by atoms with Crippen molar-refractivity contribution < 1.29 is 9.90 Å². The molecule has 1 aliphatic rings. The zero-order valence-electron chi connectivity index (χ0n) is 9.86. The van der Waals surface area contributed by atoms with Crippen molar-refractivity contribution in [3.05, 3.63) is 35.0 Å². The highest BCUT2D eigenvalue weighted by atomic mass is 16.4. The normalized spacial score (nSPS) is 14.2. The molecule has 0 saturated heterocycles. The van der Waals surface area contributed by atoms with Crippen molar-refractivity contribution in [3.63, 3.8) is 0 Å². The van der Waals surface area contributed by atoms with E-state index < -0.39 is 5.97 Å². The van der Waals surface area contributed by atoms with E-state index in [-0.39, 0.29) is 0 Å². The third-order valence-corrected chi connectivity index (χ3v) is 3.65. The van der Waals surface area contributed by atoms with Gasteiger partial charge in [0.2, 0.25) is 0 Å². The molecule has 0 radical (unpaired) electrons. The Kier molecular flexibility index (Phi) is 2.21. The van der Waals surface area contributed by atoms with Crippen LogP contribution in [0.15, 0.2) is 18.2 Å². The Morgan fingerprint density at radius 1 is 1.47 bits per heavy atom. The fraction of sp³-hybridized carbons (Fsp3) is 0.357. The van der Waals surface area contributed by atoms with Crippen LogP contribution in [0.4, 0.5) is 0 Å². The number of aryl methyl sites for hydroxylation is 3. The van der Waals surface area contributed by atoms with Crippen LogP contribution in [0, 0.1) is 0 Å². The molecule has 0 atom stereocenters. The highest BCUT2D eigenvalue weighted by Gasteiger charge is 2.24. The number of nitrogens with zero attached hydrogens (tertiary/aromatic N) is 1. The molecule has 17 heavy (non-hydrogen) atoms. The summed E-state index contributed by atoms with van der Waals surface area (Å²) in [6.45, 7) is 2.85. The van der Waals surface area contributed by atoms with E-state index in [1.165, 1.54) is 5.56 Å². The summed E-state index contributed by atoms with van der Waals surface area (Å²) in [7, 11) is 0. The van der Waals surface area contributed by atoms with E-state index in [1.807, 2.05) is 23.6 Å². The summed E-state index contributed by atoms with van der Waals surface area (Å²) in [5.41, 5.74) is 3.91. The first-order valence-corrected chi connectivity index (χ1v) is 6.10. The molecule has 1 aliphatic heterocycles. The Morgan fingerprint density at radius 2 is 2.29 bits per heavy atom. The van der Waals surface area contributed by atoms with Gasteiger partial charge in [0.15, 0.2) is 0 Å². The van der Waals surface area contributed by atoms with E-state index in [1.54, 1.807) is 0 Å². The molecule has 0 fully saturated rings. The molecular formula is C14H15NO2. The van der Waals surface area contributed by atoms with Crippen LogP contribution in [0.25, 0.3) is 10.9 Å². The van der Waals surface area contributed by atoms with Crippen molar-refractivity contribution in [1.29, 1.82) is 0 Å². The summed E-state index contributed by atoms with van der Waals surface area (Å²) in [6.07, 6.45) is 2.86. The predicted molar refractivity (Wildman–Crippen MR) is 66.6 cm³/mol. The van der Waals surface area contributed by atoms with Crippen molar-refractivity contribution in [3.8, 4) is 0 Å². The van der Waals surface area contributed by atoms with Gasteiger partial charge >= 0.3 is 5.97 Å². The highest BCUT2D eigenvalue weighted by Crippen LogP contribution is 2.33. The molecule has 2 heterocycles. The molecule has 0 spiro atoms. The predicted octanol–water partition coefficient (Wildman–Crippen LogP) is 2.85. The van der Waals surface area contributed by atoms with Crippen LogP contribution >= 0.6 is 0 Å². The molecule has 1 aromatic heterocycles. The molecule has 0 aliphatic carbocycles. The summed E-state index contributed by atoms with van der Waals surface area (Å²) in [5.74, 6) is -0.800. The van der Waals surface area contributed by atoms with Crippen LogP contribution in [0.1, 0.15) is 35.0 Å². The number of carboxylic acid groups (broad SMARTS) is 1. The van der Waals surface area contributed by atoms with Crippen LogP contribution in [0.5, 0.6) is 0 Å². The quantitative estimate of drug-likeness (QED) is 0.860. The van der Waals surface area contributed by atoms with Crippen LogP contribution in [-0.2, 0) is 19.4 Å². The van der Waals surface area contributed by atoms with Gasteiger partial charge in [-0.2, -0.15) is 0 Å². The lowest BCUT2D eigenvalue weighted by Gasteiger charge is -2.16. The first kappa shape index (κ1) is 10.4. The number of para-hydroxylation sites is 1. The minimum atomic E-state index is -0.800. The summed E-state index contributed by atoms with van der Waals surface area (Å²) < 4.78 is 2.00. The average molecular weight is 229 g/mol. The van der Waals surface area contributed by atoms with Crippen molar-refractivity contribution >= 4 is 16.9 Å². The molecule has 1 aromatic carbocycles. The lowest BCUT2D eigenvalue weighted by atomic mass is 10.0. The van der Waals surface area contributed by atoms with Crippen LogP contribution in [-0.4, -0.2) is 15.6 Å². The average Bonchev–Trinajstić information content (AvgIpc) is 2.66. The molecule has 0 saturated carbocycles.